The summed E-state index contributed by atoms with van der Waals surface area (Å²) in [5.41, 5.74) is 2.62. The second-order valence-corrected chi connectivity index (χ2v) is 5.04. The summed E-state index contributed by atoms with van der Waals surface area (Å²) in [7, 11) is 0. The van der Waals surface area contributed by atoms with Gasteiger partial charge in [0, 0.05) is 6.07 Å². The van der Waals surface area contributed by atoms with Gasteiger partial charge in [0.25, 0.3) is 5.69 Å². The Labute approximate surface area is 137 Å². The van der Waals surface area contributed by atoms with Crippen LogP contribution in [-0.4, -0.2) is 10.0 Å². The third-order valence-electron chi connectivity index (χ3n) is 3.41. The molecule has 0 radical (unpaired) electrons. The lowest BCUT2D eigenvalue weighted by Gasteiger charge is -2.03. The maximum atomic E-state index is 11.1. The number of phenols is 1. The van der Waals surface area contributed by atoms with Crippen LogP contribution in [0.2, 0.25) is 0 Å². The third-order valence-corrected chi connectivity index (χ3v) is 3.41. The van der Waals surface area contributed by atoms with Gasteiger partial charge in [-0.25, -0.2) is 0 Å². The van der Waals surface area contributed by atoms with Crippen molar-refractivity contribution in [2.24, 2.45) is 10.2 Å². The van der Waals surface area contributed by atoms with Crippen LogP contribution in [0.25, 0.3) is 11.1 Å². The molecule has 1 N–H and O–H groups in total. The van der Waals surface area contributed by atoms with Crippen molar-refractivity contribution in [1.29, 1.82) is 0 Å². The number of nitrogens with zero attached hydrogens (tertiary/aromatic N) is 3. The SMILES string of the molecule is O=[N+]([O-])c1ccccc1-c1ccc(/N=N/c2ccc(O)cc2)cc1. The number of aromatic hydroxyl groups is 1. The molecule has 0 spiro atoms. The fourth-order valence-corrected chi connectivity index (χ4v) is 2.22. The van der Waals surface area contributed by atoms with E-state index in [0.717, 1.165) is 5.56 Å². The Morgan fingerprint density at radius 3 is 1.92 bits per heavy atom. The zero-order valence-electron chi connectivity index (χ0n) is 12.5. The summed E-state index contributed by atoms with van der Waals surface area (Å²) in [5, 5.41) is 28.5. The topological polar surface area (TPSA) is 88.1 Å². The van der Waals surface area contributed by atoms with Crippen LogP contribution in [0, 0.1) is 10.1 Å². The number of hydrogen-bond acceptors (Lipinski definition) is 5. The summed E-state index contributed by atoms with van der Waals surface area (Å²) in [6, 6.07) is 20.0. The summed E-state index contributed by atoms with van der Waals surface area (Å²) < 4.78 is 0. The van der Waals surface area contributed by atoms with Gasteiger partial charge < -0.3 is 5.11 Å². The van der Waals surface area contributed by atoms with Crippen LogP contribution in [0.3, 0.4) is 0 Å². The Bertz CT molecular complexity index is 888. The fraction of sp³-hybridized carbons (Fsp3) is 0. The standard InChI is InChI=1S/C18H13N3O3/c22-16-11-9-15(10-12-16)20-19-14-7-5-13(6-8-14)17-3-1-2-4-18(17)21(23)24/h1-12,22H/b20-19+. The summed E-state index contributed by atoms with van der Waals surface area (Å²) in [6.45, 7) is 0. The van der Waals surface area contributed by atoms with Gasteiger partial charge in [-0.1, -0.05) is 24.3 Å². The first-order valence-electron chi connectivity index (χ1n) is 7.18. The van der Waals surface area contributed by atoms with E-state index in [0.29, 0.717) is 16.9 Å². The van der Waals surface area contributed by atoms with Crippen molar-refractivity contribution >= 4 is 17.1 Å². The number of rotatable bonds is 4. The van der Waals surface area contributed by atoms with Gasteiger partial charge in [-0.3, -0.25) is 10.1 Å². The number of nitro benzene ring substituents is 1. The highest BCUT2D eigenvalue weighted by Crippen LogP contribution is 2.31. The van der Waals surface area contributed by atoms with Crippen LogP contribution in [-0.2, 0) is 0 Å². The van der Waals surface area contributed by atoms with Crippen LogP contribution >= 0.6 is 0 Å². The molecule has 0 amide bonds. The molecule has 0 atom stereocenters. The molecule has 0 heterocycles. The molecule has 3 aromatic carbocycles. The lowest BCUT2D eigenvalue weighted by molar-refractivity contribution is -0.384. The molecular weight excluding hydrogens is 306 g/mol. The van der Waals surface area contributed by atoms with Gasteiger partial charge in [0.2, 0.25) is 0 Å². The lowest BCUT2D eigenvalue weighted by atomic mass is 10.0. The zero-order valence-corrected chi connectivity index (χ0v) is 12.5. The average molecular weight is 319 g/mol. The van der Waals surface area contributed by atoms with Crippen molar-refractivity contribution in [3.63, 3.8) is 0 Å². The second-order valence-electron chi connectivity index (χ2n) is 5.04. The minimum absolute atomic E-state index is 0.0657. The van der Waals surface area contributed by atoms with Gasteiger partial charge in [-0.15, -0.1) is 0 Å². The van der Waals surface area contributed by atoms with E-state index in [2.05, 4.69) is 10.2 Å². The van der Waals surface area contributed by atoms with Gasteiger partial charge >= 0.3 is 0 Å². The van der Waals surface area contributed by atoms with Gasteiger partial charge in [-0.2, -0.15) is 10.2 Å². The van der Waals surface area contributed by atoms with Crippen molar-refractivity contribution < 1.29 is 10.0 Å². The molecule has 0 unspecified atom stereocenters. The van der Waals surface area contributed by atoms with E-state index < -0.39 is 4.92 Å². The number of azo groups is 1. The van der Waals surface area contributed by atoms with Crippen molar-refractivity contribution in [3.8, 4) is 16.9 Å². The molecule has 0 aliphatic rings. The van der Waals surface area contributed by atoms with Crippen molar-refractivity contribution in [3.05, 3.63) is 82.9 Å². The van der Waals surface area contributed by atoms with Crippen LogP contribution in [0.4, 0.5) is 17.1 Å². The Balaban J connectivity index is 1.83. The molecule has 118 valence electrons. The van der Waals surface area contributed by atoms with Gasteiger partial charge in [-0.05, 0) is 48.0 Å². The monoisotopic (exact) mass is 319 g/mol. The first kappa shape index (κ1) is 15.4. The number of hydrogen-bond donors (Lipinski definition) is 1. The molecule has 6 nitrogen and oxygen atoms in total. The molecule has 6 heteroatoms. The van der Waals surface area contributed by atoms with Crippen LogP contribution in [0.15, 0.2) is 83.0 Å². The normalized spacial score (nSPS) is 10.8. The van der Waals surface area contributed by atoms with E-state index in [4.69, 9.17) is 0 Å². The van der Waals surface area contributed by atoms with Crippen molar-refractivity contribution in [2.75, 3.05) is 0 Å². The van der Waals surface area contributed by atoms with E-state index in [1.165, 1.54) is 18.2 Å². The molecule has 0 saturated carbocycles. The summed E-state index contributed by atoms with van der Waals surface area (Å²) in [5.74, 6) is 0.169. The minimum atomic E-state index is -0.395. The molecule has 0 aromatic heterocycles. The number of nitro groups is 1. The van der Waals surface area contributed by atoms with Crippen LogP contribution in [0.1, 0.15) is 0 Å². The molecule has 24 heavy (non-hydrogen) atoms. The molecule has 0 fully saturated rings. The molecule has 0 saturated heterocycles. The summed E-state index contributed by atoms with van der Waals surface area (Å²) in [4.78, 5) is 10.7. The quantitative estimate of drug-likeness (QED) is 0.397. The Hall–Kier alpha value is -3.54. The number of benzene rings is 3. The van der Waals surface area contributed by atoms with Crippen LogP contribution < -0.4 is 0 Å². The molecule has 0 aliphatic heterocycles. The Morgan fingerprint density at radius 1 is 0.792 bits per heavy atom. The van der Waals surface area contributed by atoms with E-state index in [-0.39, 0.29) is 11.4 Å². The Kier molecular flexibility index (Phi) is 4.29. The molecule has 3 aromatic rings. The van der Waals surface area contributed by atoms with E-state index in [9.17, 15) is 15.2 Å². The number of para-hydroxylation sites is 1. The molecular formula is C18H13N3O3. The highest BCUT2D eigenvalue weighted by Gasteiger charge is 2.13. The zero-order chi connectivity index (χ0) is 16.9. The van der Waals surface area contributed by atoms with Crippen molar-refractivity contribution in [2.45, 2.75) is 0 Å². The summed E-state index contributed by atoms with van der Waals surface area (Å²) >= 11 is 0. The second kappa shape index (κ2) is 6.70. The predicted molar refractivity (Wildman–Crippen MR) is 90.8 cm³/mol. The van der Waals surface area contributed by atoms with E-state index in [1.807, 2.05) is 0 Å². The highest BCUT2D eigenvalue weighted by molar-refractivity contribution is 5.74. The van der Waals surface area contributed by atoms with Gasteiger partial charge in [0.05, 0.1) is 21.9 Å². The smallest absolute Gasteiger partial charge is 0.277 e. The first-order chi connectivity index (χ1) is 11.6. The largest absolute Gasteiger partial charge is 0.508 e. The highest BCUT2D eigenvalue weighted by atomic mass is 16.6. The predicted octanol–water partition coefficient (Wildman–Crippen LogP) is 5.38. The minimum Gasteiger partial charge on any atom is -0.508 e. The molecule has 0 aliphatic carbocycles. The van der Waals surface area contributed by atoms with E-state index in [1.54, 1.807) is 54.6 Å². The lowest BCUT2D eigenvalue weighted by Crippen LogP contribution is -1.91. The van der Waals surface area contributed by atoms with Crippen molar-refractivity contribution in [1.82, 2.24) is 0 Å². The maximum absolute atomic E-state index is 11.1. The third kappa shape index (κ3) is 3.44. The summed E-state index contributed by atoms with van der Waals surface area (Å²) in [6.07, 6.45) is 0. The van der Waals surface area contributed by atoms with Gasteiger partial charge in [0.1, 0.15) is 5.75 Å². The fourth-order valence-electron chi connectivity index (χ4n) is 2.22. The van der Waals surface area contributed by atoms with Crippen LogP contribution in [0.5, 0.6) is 5.75 Å². The first-order valence-corrected chi connectivity index (χ1v) is 7.18. The number of phenolic OH excluding ortho intramolecular Hbond substituents is 1. The molecule has 0 bridgehead atoms. The Morgan fingerprint density at radius 2 is 1.33 bits per heavy atom. The van der Waals surface area contributed by atoms with Gasteiger partial charge in [0.15, 0.2) is 0 Å². The van der Waals surface area contributed by atoms with E-state index >= 15 is 0 Å². The molecule has 3 rings (SSSR count). The maximum Gasteiger partial charge on any atom is 0.277 e. The average Bonchev–Trinajstić information content (AvgIpc) is 2.62.